The van der Waals surface area contributed by atoms with Gasteiger partial charge in [0.2, 0.25) is 0 Å². The average Bonchev–Trinajstić information content (AvgIpc) is 3.07. The van der Waals surface area contributed by atoms with Crippen LogP contribution in [0.5, 0.6) is 0 Å². The van der Waals surface area contributed by atoms with E-state index in [9.17, 15) is 9.90 Å². The first-order chi connectivity index (χ1) is 12.1. The molecule has 2 heterocycles. The molecular weight excluding hydrogens is 314 g/mol. The molecule has 25 heavy (non-hydrogen) atoms. The number of aromatic carboxylic acids is 1. The molecule has 0 spiro atoms. The number of nitrogens with zero attached hydrogens (tertiary/aromatic N) is 3. The molecule has 4 aromatic rings. The van der Waals surface area contributed by atoms with Gasteiger partial charge in [-0.25, -0.2) is 9.48 Å². The number of aryl methyl sites for hydroxylation is 1. The van der Waals surface area contributed by atoms with Gasteiger partial charge in [-0.15, -0.1) is 0 Å². The Balaban J connectivity index is 2.00. The van der Waals surface area contributed by atoms with E-state index in [2.05, 4.69) is 10.1 Å². The van der Waals surface area contributed by atoms with E-state index < -0.39 is 5.97 Å². The predicted octanol–water partition coefficient (Wildman–Crippen LogP) is 4.09. The van der Waals surface area contributed by atoms with Gasteiger partial charge >= 0.3 is 5.97 Å². The Bertz CT molecular complexity index is 1080. The Hall–Kier alpha value is -3.47. The Morgan fingerprint density at radius 2 is 1.80 bits per heavy atom. The van der Waals surface area contributed by atoms with Crippen LogP contribution in [0.4, 0.5) is 0 Å². The first-order valence-electron chi connectivity index (χ1n) is 7.88. The lowest BCUT2D eigenvalue weighted by Gasteiger charge is -2.10. The van der Waals surface area contributed by atoms with Gasteiger partial charge in [-0.05, 0) is 25.1 Å². The smallest absolute Gasteiger partial charge is 0.356 e. The van der Waals surface area contributed by atoms with Gasteiger partial charge < -0.3 is 5.11 Å². The highest BCUT2D eigenvalue weighted by atomic mass is 16.4. The molecule has 0 amide bonds. The summed E-state index contributed by atoms with van der Waals surface area (Å²) in [5, 5.41) is 14.7. The number of hydrogen-bond acceptors (Lipinski definition) is 3. The molecule has 0 unspecified atom stereocenters. The number of carboxylic acid groups (broad SMARTS) is 1. The minimum atomic E-state index is -1.06. The Morgan fingerprint density at radius 1 is 1.04 bits per heavy atom. The van der Waals surface area contributed by atoms with Crippen LogP contribution in [0.15, 0.2) is 66.9 Å². The molecular formula is C20H15N3O2. The number of fused-ring (bicyclic) bond motifs is 1. The molecule has 0 saturated carbocycles. The zero-order valence-electron chi connectivity index (χ0n) is 13.5. The Kier molecular flexibility index (Phi) is 3.54. The highest BCUT2D eigenvalue weighted by Gasteiger charge is 2.17. The van der Waals surface area contributed by atoms with Crippen molar-refractivity contribution in [1.29, 1.82) is 0 Å². The Labute approximate surface area is 144 Å². The third kappa shape index (κ3) is 2.65. The van der Waals surface area contributed by atoms with Gasteiger partial charge in [-0.3, -0.25) is 4.98 Å². The summed E-state index contributed by atoms with van der Waals surface area (Å²) in [5.41, 5.74) is 4.29. The lowest BCUT2D eigenvalue weighted by atomic mass is 10.1. The molecule has 0 radical (unpaired) electrons. The molecule has 0 aliphatic rings. The summed E-state index contributed by atoms with van der Waals surface area (Å²) < 4.78 is 1.66. The van der Waals surface area contributed by atoms with E-state index in [1.165, 1.54) is 0 Å². The molecule has 0 fully saturated rings. The summed E-state index contributed by atoms with van der Waals surface area (Å²) in [6, 6.07) is 19.1. The summed E-state index contributed by atoms with van der Waals surface area (Å²) in [6.07, 6.45) is 1.72. The van der Waals surface area contributed by atoms with E-state index in [0.717, 1.165) is 33.4 Å². The zero-order chi connectivity index (χ0) is 17.4. The van der Waals surface area contributed by atoms with E-state index in [1.54, 1.807) is 16.9 Å². The van der Waals surface area contributed by atoms with E-state index in [-0.39, 0.29) is 5.69 Å². The molecule has 1 N–H and O–H groups in total. The fourth-order valence-corrected chi connectivity index (χ4v) is 2.86. The van der Waals surface area contributed by atoms with Crippen molar-refractivity contribution in [3.8, 4) is 16.9 Å². The van der Waals surface area contributed by atoms with Crippen LogP contribution in [0, 0.1) is 6.92 Å². The van der Waals surface area contributed by atoms with Crippen molar-refractivity contribution in [2.75, 3.05) is 0 Å². The first-order valence-corrected chi connectivity index (χ1v) is 7.88. The number of carboxylic acids is 1. The first kappa shape index (κ1) is 15.1. The van der Waals surface area contributed by atoms with E-state index in [4.69, 9.17) is 0 Å². The van der Waals surface area contributed by atoms with E-state index in [1.807, 2.05) is 61.5 Å². The van der Waals surface area contributed by atoms with Crippen LogP contribution in [0.25, 0.3) is 27.8 Å². The summed E-state index contributed by atoms with van der Waals surface area (Å²) in [6.45, 7) is 2.01. The van der Waals surface area contributed by atoms with Gasteiger partial charge in [0, 0.05) is 17.1 Å². The maximum atomic E-state index is 11.5. The van der Waals surface area contributed by atoms with Crippen LogP contribution in [-0.4, -0.2) is 25.8 Å². The van der Waals surface area contributed by atoms with Crippen molar-refractivity contribution in [3.05, 3.63) is 78.1 Å². The quantitative estimate of drug-likeness (QED) is 0.614. The number of hydrogen-bond donors (Lipinski definition) is 1. The van der Waals surface area contributed by atoms with E-state index >= 15 is 0 Å². The van der Waals surface area contributed by atoms with Crippen molar-refractivity contribution < 1.29 is 9.90 Å². The number of aromatic nitrogens is 3. The number of pyridine rings is 1. The number of benzene rings is 2. The summed E-state index contributed by atoms with van der Waals surface area (Å²) in [7, 11) is 0. The molecule has 5 nitrogen and oxygen atoms in total. The second-order valence-corrected chi connectivity index (χ2v) is 5.85. The van der Waals surface area contributed by atoms with Crippen molar-refractivity contribution in [1.82, 2.24) is 14.8 Å². The molecule has 2 aromatic heterocycles. The minimum Gasteiger partial charge on any atom is -0.476 e. The third-order valence-electron chi connectivity index (χ3n) is 4.12. The fourth-order valence-electron chi connectivity index (χ4n) is 2.86. The average molecular weight is 329 g/mol. The Morgan fingerprint density at radius 3 is 2.56 bits per heavy atom. The maximum absolute atomic E-state index is 11.5. The highest BCUT2D eigenvalue weighted by molar-refractivity contribution is 5.90. The van der Waals surface area contributed by atoms with Gasteiger partial charge in [0.05, 0.1) is 16.9 Å². The normalized spacial score (nSPS) is 10.9. The predicted molar refractivity (Wildman–Crippen MR) is 96.0 cm³/mol. The van der Waals surface area contributed by atoms with Gasteiger partial charge in [-0.1, -0.05) is 48.0 Å². The van der Waals surface area contributed by atoms with Crippen LogP contribution in [0.3, 0.4) is 0 Å². The second-order valence-electron chi connectivity index (χ2n) is 5.85. The molecule has 0 aliphatic carbocycles. The SMILES string of the molecule is Cc1ccc(-c2cc(C(=O)O)nn2-c2cccc3cccnc23)cc1. The molecule has 122 valence electrons. The molecule has 0 atom stereocenters. The third-order valence-corrected chi connectivity index (χ3v) is 4.12. The summed E-state index contributed by atoms with van der Waals surface area (Å²) >= 11 is 0. The zero-order valence-corrected chi connectivity index (χ0v) is 13.5. The number of carbonyl (C=O) groups is 1. The number of para-hydroxylation sites is 1. The van der Waals surface area contributed by atoms with Crippen LogP contribution in [0.2, 0.25) is 0 Å². The second kappa shape index (κ2) is 5.87. The lowest BCUT2D eigenvalue weighted by Crippen LogP contribution is -2.03. The molecule has 5 heteroatoms. The maximum Gasteiger partial charge on any atom is 0.356 e. The van der Waals surface area contributed by atoms with Crippen molar-refractivity contribution in [3.63, 3.8) is 0 Å². The van der Waals surface area contributed by atoms with Gasteiger partial charge in [0.25, 0.3) is 0 Å². The molecule has 0 saturated heterocycles. The van der Waals surface area contributed by atoms with Gasteiger partial charge in [-0.2, -0.15) is 5.10 Å². The summed E-state index contributed by atoms with van der Waals surface area (Å²) in [4.78, 5) is 15.9. The minimum absolute atomic E-state index is 0.00325. The molecule has 0 aliphatic heterocycles. The number of rotatable bonds is 3. The molecule has 2 aromatic carbocycles. The summed E-state index contributed by atoms with van der Waals surface area (Å²) in [5.74, 6) is -1.06. The molecule has 4 rings (SSSR count). The van der Waals surface area contributed by atoms with Crippen molar-refractivity contribution >= 4 is 16.9 Å². The van der Waals surface area contributed by atoms with Crippen LogP contribution in [-0.2, 0) is 0 Å². The lowest BCUT2D eigenvalue weighted by molar-refractivity contribution is 0.0690. The topological polar surface area (TPSA) is 68.0 Å². The van der Waals surface area contributed by atoms with Crippen LogP contribution >= 0.6 is 0 Å². The van der Waals surface area contributed by atoms with E-state index in [0.29, 0.717) is 0 Å². The fraction of sp³-hybridized carbons (Fsp3) is 0.0500. The van der Waals surface area contributed by atoms with Crippen LogP contribution < -0.4 is 0 Å². The monoisotopic (exact) mass is 329 g/mol. The van der Waals surface area contributed by atoms with Crippen LogP contribution in [0.1, 0.15) is 16.1 Å². The van der Waals surface area contributed by atoms with Gasteiger partial charge in [0.1, 0.15) is 0 Å². The van der Waals surface area contributed by atoms with Gasteiger partial charge in [0.15, 0.2) is 5.69 Å². The van der Waals surface area contributed by atoms with Crippen molar-refractivity contribution in [2.45, 2.75) is 6.92 Å². The highest BCUT2D eigenvalue weighted by Crippen LogP contribution is 2.27. The molecule has 0 bridgehead atoms. The standard InChI is InChI=1S/C20H15N3O2/c1-13-7-9-14(10-8-13)18-12-16(20(24)25)22-23(18)17-6-2-4-15-5-3-11-21-19(15)17/h2-12H,1H3,(H,24,25). The largest absolute Gasteiger partial charge is 0.476 e. The van der Waals surface area contributed by atoms with Crippen molar-refractivity contribution in [2.24, 2.45) is 0 Å².